The van der Waals surface area contributed by atoms with Crippen LogP contribution in [-0.2, 0) is 17.8 Å². The maximum absolute atomic E-state index is 12.4. The summed E-state index contributed by atoms with van der Waals surface area (Å²) in [5.74, 6) is -0.824. The molecule has 0 aliphatic carbocycles. The van der Waals surface area contributed by atoms with Crippen molar-refractivity contribution in [1.82, 2.24) is 25.8 Å². The summed E-state index contributed by atoms with van der Waals surface area (Å²) in [6.45, 7) is 0.146. The van der Waals surface area contributed by atoms with Crippen molar-refractivity contribution < 1.29 is 20.0 Å². The number of rotatable bonds is 9. The Hall–Kier alpha value is -4.57. The second-order valence-corrected chi connectivity index (χ2v) is 8.02. The van der Waals surface area contributed by atoms with Crippen LogP contribution in [0.4, 0.5) is 0 Å². The number of fused-ring (bicyclic) bond motifs is 1. The van der Waals surface area contributed by atoms with Crippen molar-refractivity contribution in [3.05, 3.63) is 95.3 Å². The van der Waals surface area contributed by atoms with Crippen LogP contribution in [0.15, 0.2) is 78.1 Å². The summed E-state index contributed by atoms with van der Waals surface area (Å²) in [5, 5.41) is 33.8. The summed E-state index contributed by atoms with van der Waals surface area (Å²) in [7, 11) is 0. The molecule has 0 fully saturated rings. The zero-order chi connectivity index (χ0) is 24.6. The van der Waals surface area contributed by atoms with Crippen LogP contribution in [0.5, 0.6) is 0 Å². The molecule has 4 rings (SSSR count). The topological polar surface area (TPSA) is 142 Å². The lowest BCUT2D eigenvalue weighted by Crippen LogP contribution is -2.25. The van der Waals surface area contributed by atoms with Crippen molar-refractivity contribution in [3.8, 4) is 0 Å². The normalized spacial score (nSPS) is 12.0. The Morgan fingerprint density at radius 1 is 1.06 bits per heavy atom. The van der Waals surface area contributed by atoms with Crippen LogP contribution in [-0.4, -0.2) is 43.4 Å². The van der Waals surface area contributed by atoms with E-state index in [1.54, 1.807) is 40.6 Å². The number of carbonyl (C=O) groups is 2. The predicted molar refractivity (Wildman–Crippen MR) is 128 cm³/mol. The number of amides is 2. The predicted octanol–water partition coefficient (Wildman–Crippen LogP) is 2.85. The van der Waals surface area contributed by atoms with E-state index in [0.717, 1.165) is 16.3 Å². The third-order valence-electron chi connectivity index (χ3n) is 5.57. The molecule has 0 saturated carbocycles. The Morgan fingerprint density at radius 3 is 2.57 bits per heavy atom. The lowest BCUT2D eigenvalue weighted by molar-refractivity contribution is -0.130. The quantitative estimate of drug-likeness (QED) is 0.128. The maximum Gasteiger partial charge on any atom is 0.251 e. The van der Waals surface area contributed by atoms with Gasteiger partial charge in [0, 0.05) is 5.56 Å². The molecule has 4 N–H and O–H groups in total. The average molecular weight is 473 g/mol. The van der Waals surface area contributed by atoms with Gasteiger partial charge in [-0.15, -0.1) is 5.10 Å². The molecule has 35 heavy (non-hydrogen) atoms. The minimum absolute atomic E-state index is 0.00196. The second-order valence-electron chi connectivity index (χ2n) is 8.02. The number of carbonyl (C=O) groups excluding carboxylic acids is 2. The van der Waals surface area contributed by atoms with E-state index in [1.807, 2.05) is 36.4 Å². The van der Waals surface area contributed by atoms with Crippen LogP contribution < -0.4 is 10.8 Å². The van der Waals surface area contributed by atoms with Crippen LogP contribution in [0.25, 0.3) is 10.8 Å². The first kappa shape index (κ1) is 23.6. The molecule has 4 aromatic rings. The SMILES string of the molecule is O=C(CC(Cc1ccc2ccccc2c1)n1cc(CNC(=O)c2ccc(/C=N/O)cc2)nn1)NO. The van der Waals surface area contributed by atoms with Crippen LogP contribution in [0.3, 0.4) is 0 Å². The lowest BCUT2D eigenvalue weighted by atomic mass is 10.00. The first-order valence-electron chi connectivity index (χ1n) is 10.9. The highest BCUT2D eigenvalue weighted by Crippen LogP contribution is 2.22. The third-order valence-corrected chi connectivity index (χ3v) is 5.57. The molecule has 2 amide bonds. The molecule has 0 aliphatic rings. The van der Waals surface area contributed by atoms with Gasteiger partial charge in [0.05, 0.1) is 31.4 Å². The highest BCUT2D eigenvalue weighted by atomic mass is 16.5. The number of hydrogen-bond acceptors (Lipinski definition) is 7. The van der Waals surface area contributed by atoms with E-state index in [0.29, 0.717) is 23.2 Å². The van der Waals surface area contributed by atoms with E-state index < -0.39 is 5.91 Å². The molecule has 0 radical (unpaired) electrons. The number of benzene rings is 3. The summed E-state index contributed by atoms with van der Waals surface area (Å²) in [4.78, 5) is 24.4. The van der Waals surface area contributed by atoms with Gasteiger partial charge in [-0.25, -0.2) is 10.2 Å². The highest BCUT2D eigenvalue weighted by Gasteiger charge is 2.19. The summed E-state index contributed by atoms with van der Waals surface area (Å²) in [5.41, 5.74) is 4.32. The van der Waals surface area contributed by atoms with Crippen molar-refractivity contribution in [2.75, 3.05) is 0 Å². The largest absolute Gasteiger partial charge is 0.411 e. The third kappa shape index (κ3) is 6.06. The minimum Gasteiger partial charge on any atom is -0.411 e. The number of nitrogens with zero attached hydrogens (tertiary/aromatic N) is 4. The zero-order valence-corrected chi connectivity index (χ0v) is 18.7. The molecule has 0 saturated heterocycles. The number of hydrogen-bond donors (Lipinski definition) is 4. The van der Waals surface area contributed by atoms with Crippen molar-refractivity contribution in [1.29, 1.82) is 0 Å². The summed E-state index contributed by atoms with van der Waals surface area (Å²) < 4.78 is 1.58. The second kappa shape index (κ2) is 11.0. The highest BCUT2D eigenvalue weighted by molar-refractivity contribution is 5.95. The van der Waals surface area contributed by atoms with E-state index in [2.05, 4.69) is 26.9 Å². The smallest absolute Gasteiger partial charge is 0.251 e. The van der Waals surface area contributed by atoms with Gasteiger partial charge in [-0.2, -0.15) is 0 Å². The number of nitrogens with one attached hydrogen (secondary N) is 2. The van der Waals surface area contributed by atoms with Crippen molar-refractivity contribution >= 4 is 28.8 Å². The van der Waals surface area contributed by atoms with Crippen LogP contribution in [0.1, 0.15) is 39.6 Å². The fourth-order valence-corrected chi connectivity index (χ4v) is 3.79. The van der Waals surface area contributed by atoms with E-state index >= 15 is 0 Å². The standard InChI is InChI=1S/C25H24N6O4/c32-24(29-35)13-23(12-18-7-8-19-3-1-2-4-21(19)11-18)31-16-22(28-30-31)15-26-25(33)20-9-5-17(6-10-20)14-27-34/h1-11,14,16,23,34-35H,12-13,15H2,(H,26,33)(H,29,32)/b27-14+. The monoisotopic (exact) mass is 472 g/mol. The van der Waals surface area contributed by atoms with Gasteiger partial charge >= 0.3 is 0 Å². The fraction of sp³-hybridized carbons (Fsp3) is 0.160. The fourth-order valence-electron chi connectivity index (χ4n) is 3.79. The van der Waals surface area contributed by atoms with E-state index in [9.17, 15) is 9.59 Å². The molecule has 0 bridgehead atoms. The van der Waals surface area contributed by atoms with Crippen molar-refractivity contribution in [2.45, 2.75) is 25.4 Å². The molecule has 1 heterocycles. The first-order chi connectivity index (χ1) is 17.1. The van der Waals surface area contributed by atoms with E-state index in [-0.39, 0.29) is 24.9 Å². The Kier molecular flexibility index (Phi) is 7.44. The van der Waals surface area contributed by atoms with Gasteiger partial charge in [-0.1, -0.05) is 65.0 Å². The Labute approximate surface area is 200 Å². The van der Waals surface area contributed by atoms with E-state index in [4.69, 9.17) is 10.4 Å². The summed E-state index contributed by atoms with van der Waals surface area (Å²) in [6, 6.07) is 20.3. The van der Waals surface area contributed by atoms with Crippen LogP contribution in [0, 0.1) is 0 Å². The summed E-state index contributed by atoms with van der Waals surface area (Å²) >= 11 is 0. The Balaban J connectivity index is 1.45. The molecular formula is C25H24N6O4. The number of oxime groups is 1. The zero-order valence-electron chi connectivity index (χ0n) is 18.7. The molecule has 0 aliphatic heterocycles. The molecule has 1 aromatic heterocycles. The van der Waals surface area contributed by atoms with Gasteiger partial charge in [0.1, 0.15) is 5.69 Å². The number of hydroxylamine groups is 1. The van der Waals surface area contributed by atoms with Gasteiger partial charge in [-0.3, -0.25) is 14.8 Å². The van der Waals surface area contributed by atoms with Crippen LogP contribution in [0.2, 0.25) is 0 Å². The molecule has 0 spiro atoms. The van der Waals surface area contributed by atoms with Crippen molar-refractivity contribution in [2.24, 2.45) is 5.16 Å². The van der Waals surface area contributed by atoms with Gasteiger partial charge in [-0.05, 0) is 40.5 Å². The van der Waals surface area contributed by atoms with Crippen molar-refractivity contribution in [3.63, 3.8) is 0 Å². The van der Waals surface area contributed by atoms with Gasteiger partial charge in [0.2, 0.25) is 5.91 Å². The Bertz CT molecular complexity index is 1350. The molecule has 10 nitrogen and oxygen atoms in total. The maximum atomic E-state index is 12.4. The minimum atomic E-state index is -0.532. The van der Waals surface area contributed by atoms with Gasteiger partial charge in [0.15, 0.2) is 0 Å². The molecular weight excluding hydrogens is 448 g/mol. The molecule has 1 unspecified atom stereocenters. The van der Waals surface area contributed by atoms with E-state index in [1.165, 1.54) is 6.21 Å². The van der Waals surface area contributed by atoms with Crippen LogP contribution >= 0.6 is 0 Å². The van der Waals surface area contributed by atoms with Gasteiger partial charge < -0.3 is 10.5 Å². The molecule has 3 aromatic carbocycles. The van der Waals surface area contributed by atoms with Gasteiger partial charge in [0.25, 0.3) is 5.91 Å². The summed E-state index contributed by atoms with van der Waals surface area (Å²) in [6.07, 6.45) is 3.45. The Morgan fingerprint density at radius 2 is 1.83 bits per heavy atom. The lowest BCUT2D eigenvalue weighted by Gasteiger charge is -2.16. The first-order valence-corrected chi connectivity index (χ1v) is 10.9. The molecule has 1 atom stereocenters. The number of aromatic nitrogens is 3. The molecule has 178 valence electrons. The average Bonchev–Trinajstić information content (AvgIpc) is 3.36. The molecule has 10 heteroatoms.